The van der Waals surface area contributed by atoms with Crippen LogP contribution in [0.5, 0.6) is 5.75 Å². The summed E-state index contributed by atoms with van der Waals surface area (Å²) < 4.78 is 10.7. The molecule has 0 aliphatic rings. The number of aromatic amines is 1. The number of nitrogens with two attached hydrogens (primary N) is 1. The first-order chi connectivity index (χ1) is 8.80. The zero-order valence-electron chi connectivity index (χ0n) is 9.93. The van der Waals surface area contributed by atoms with Crippen LogP contribution in [0.3, 0.4) is 0 Å². The van der Waals surface area contributed by atoms with E-state index >= 15 is 0 Å². The molecule has 0 atom stereocenters. The lowest BCUT2D eigenvalue weighted by Crippen LogP contribution is -1.92. The molecule has 0 fully saturated rings. The molecule has 2 heterocycles. The van der Waals surface area contributed by atoms with Gasteiger partial charge in [-0.2, -0.15) is 0 Å². The second-order valence-electron chi connectivity index (χ2n) is 3.97. The summed E-state index contributed by atoms with van der Waals surface area (Å²) >= 11 is 0. The molecule has 0 saturated heterocycles. The molecule has 18 heavy (non-hydrogen) atoms. The highest BCUT2D eigenvalue weighted by molar-refractivity contribution is 5.85. The van der Waals surface area contributed by atoms with Gasteiger partial charge in [0.1, 0.15) is 17.2 Å². The number of hydrogen-bond donors (Lipinski definition) is 2. The monoisotopic (exact) mass is 243 g/mol. The van der Waals surface area contributed by atoms with Crippen LogP contribution >= 0.6 is 0 Å². The van der Waals surface area contributed by atoms with Crippen molar-refractivity contribution in [3.63, 3.8) is 0 Å². The van der Waals surface area contributed by atoms with Gasteiger partial charge in [0.15, 0.2) is 0 Å². The van der Waals surface area contributed by atoms with E-state index in [0.29, 0.717) is 18.2 Å². The van der Waals surface area contributed by atoms with Gasteiger partial charge in [-0.25, -0.2) is 4.98 Å². The number of fused-ring (bicyclic) bond motifs is 1. The fourth-order valence-electron chi connectivity index (χ4n) is 1.88. The lowest BCUT2D eigenvalue weighted by Gasteiger charge is -1.97. The number of rotatable bonds is 3. The Morgan fingerprint density at radius 3 is 3.00 bits per heavy atom. The lowest BCUT2D eigenvalue weighted by atomic mass is 10.2. The third kappa shape index (κ3) is 1.74. The Morgan fingerprint density at radius 1 is 1.39 bits per heavy atom. The first-order valence-corrected chi connectivity index (χ1v) is 5.62. The Hall–Kier alpha value is -2.27. The quantitative estimate of drug-likeness (QED) is 0.739. The van der Waals surface area contributed by atoms with Crippen molar-refractivity contribution in [2.45, 2.75) is 6.54 Å². The van der Waals surface area contributed by atoms with Gasteiger partial charge in [0, 0.05) is 10.9 Å². The Kier molecular flexibility index (Phi) is 2.53. The highest BCUT2D eigenvalue weighted by Crippen LogP contribution is 2.26. The molecule has 0 radical (unpaired) electrons. The van der Waals surface area contributed by atoms with Gasteiger partial charge in [-0.05, 0) is 24.3 Å². The summed E-state index contributed by atoms with van der Waals surface area (Å²) in [7, 11) is 1.65. The zero-order chi connectivity index (χ0) is 12.5. The normalized spacial score (nSPS) is 11.0. The van der Waals surface area contributed by atoms with Gasteiger partial charge >= 0.3 is 0 Å². The molecule has 3 rings (SSSR count). The van der Waals surface area contributed by atoms with E-state index in [-0.39, 0.29) is 0 Å². The average molecular weight is 243 g/mol. The van der Waals surface area contributed by atoms with Gasteiger partial charge < -0.3 is 19.9 Å². The lowest BCUT2D eigenvalue weighted by molar-refractivity contribution is 0.415. The van der Waals surface area contributed by atoms with E-state index in [0.717, 1.165) is 22.3 Å². The maximum Gasteiger partial charge on any atom is 0.243 e. The molecule has 0 unspecified atom stereocenters. The van der Waals surface area contributed by atoms with Crippen LogP contribution in [0.25, 0.3) is 22.5 Å². The van der Waals surface area contributed by atoms with Crippen LogP contribution in [0.15, 0.2) is 34.9 Å². The topological polar surface area (TPSA) is 77.1 Å². The van der Waals surface area contributed by atoms with E-state index in [2.05, 4.69) is 9.97 Å². The minimum atomic E-state index is 0.348. The van der Waals surface area contributed by atoms with Crippen LogP contribution in [0, 0.1) is 0 Å². The minimum absolute atomic E-state index is 0.348. The molecule has 0 saturated carbocycles. The van der Waals surface area contributed by atoms with Crippen LogP contribution in [0.1, 0.15) is 5.76 Å². The third-order valence-corrected chi connectivity index (χ3v) is 2.81. The molecule has 3 N–H and O–H groups in total. The van der Waals surface area contributed by atoms with E-state index in [9.17, 15) is 0 Å². The van der Waals surface area contributed by atoms with Crippen molar-refractivity contribution in [2.24, 2.45) is 5.73 Å². The predicted octanol–water partition coefficient (Wildman–Crippen LogP) is 2.29. The largest absolute Gasteiger partial charge is 0.497 e. The summed E-state index contributed by atoms with van der Waals surface area (Å²) in [4.78, 5) is 7.43. The van der Waals surface area contributed by atoms with Crippen molar-refractivity contribution in [2.75, 3.05) is 7.11 Å². The van der Waals surface area contributed by atoms with Gasteiger partial charge in [0.05, 0.1) is 19.9 Å². The maximum atomic E-state index is 5.51. The van der Waals surface area contributed by atoms with Crippen LogP contribution in [0.2, 0.25) is 0 Å². The summed E-state index contributed by atoms with van der Waals surface area (Å²) in [6.07, 6.45) is 1.64. The minimum Gasteiger partial charge on any atom is -0.497 e. The number of ether oxygens (including phenoxy) is 1. The van der Waals surface area contributed by atoms with E-state index in [1.165, 1.54) is 0 Å². The van der Waals surface area contributed by atoms with E-state index < -0.39 is 0 Å². The van der Waals surface area contributed by atoms with Crippen molar-refractivity contribution < 1.29 is 9.15 Å². The molecular weight excluding hydrogens is 230 g/mol. The Balaban J connectivity index is 2.07. The SMILES string of the molecule is COc1ccc2[nH]c(-c3ncc(CN)o3)cc2c1. The smallest absolute Gasteiger partial charge is 0.243 e. The second-order valence-corrected chi connectivity index (χ2v) is 3.97. The highest BCUT2D eigenvalue weighted by Gasteiger charge is 2.09. The van der Waals surface area contributed by atoms with Gasteiger partial charge in [-0.1, -0.05) is 0 Å². The molecule has 92 valence electrons. The van der Waals surface area contributed by atoms with Crippen molar-refractivity contribution in [3.8, 4) is 17.3 Å². The highest BCUT2D eigenvalue weighted by atomic mass is 16.5. The number of benzene rings is 1. The molecule has 0 spiro atoms. The van der Waals surface area contributed by atoms with Gasteiger partial charge in [-0.3, -0.25) is 0 Å². The van der Waals surface area contributed by atoms with E-state index in [4.69, 9.17) is 14.9 Å². The molecule has 0 aliphatic carbocycles. The molecule has 0 aliphatic heterocycles. The maximum absolute atomic E-state index is 5.51. The van der Waals surface area contributed by atoms with Crippen LogP contribution < -0.4 is 10.5 Å². The summed E-state index contributed by atoms with van der Waals surface area (Å²) in [5.74, 6) is 2.04. The first kappa shape index (κ1) is 10.9. The molecule has 5 nitrogen and oxygen atoms in total. The van der Waals surface area contributed by atoms with Crippen LogP contribution in [0.4, 0.5) is 0 Å². The molecule has 1 aromatic carbocycles. The fourth-order valence-corrected chi connectivity index (χ4v) is 1.88. The van der Waals surface area contributed by atoms with Crippen molar-refractivity contribution in [1.29, 1.82) is 0 Å². The number of nitrogens with one attached hydrogen (secondary N) is 1. The molecule has 3 aromatic rings. The molecular formula is C13H13N3O2. The van der Waals surface area contributed by atoms with Gasteiger partial charge in [-0.15, -0.1) is 0 Å². The van der Waals surface area contributed by atoms with E-state index in [1.807, 2.05) is 24.3 Å². The number of oxazole rings is 1. The Bertz CT molecular complexity index is 684. The van der Waals surface area contributed by atoms with Gasteiger partial charge in [0.2, 0.25) is 5.89 Å². The molecule has 0 bridgehead atoms. The van der Waals surface area contributed by atoms with Crippen LogP contribution in [-0.4, -0.2) is 17.1 Å². The Labute approximate surface area is 104 Å². The molecule has 2 aromatic heterocycles. The second kappa shape index (κ2) is 4.19. The van der Waals surface area contributed by atoms with E-state index in [1.54, 1.807) is 13.3 Å². The molecule has 0 amide bonds. The summed E-state index contributed by atoms with van der Waals surface area (Å²) in [6.45, 7) is 0.348. The zero-order valence-corrected chi connectivity index (χ0v) is 9.93. The fraction of sp³-hybridized carbons (Fsp3) is 0.154. The summed E-state index contributed by atoms with van der Waals surface area (Å²) in [5, 5.41) is 1.05. The van der Waals surface area contributed by atoms with Crippen molar-refractivity contribution in [1.82, 2.24) is 9.97 Å². The van der Waals surface area contributed by atoms with Crippen molar-refractivity contribution >= 4 is 10.9 Å². The number of nitrogens with zero attached hydrogens (tertiary/aromatic N) is 1. The molecule has 5 heteroatoms. The predicted molar refractivity (Wildman–Crippen MR) is 68.2 cm³/mol. The number of methoxy groups -OCH3 is 1. The number of aromatic nitrogens is 2. The Morgan fingerprint density at radius 2 is 2.28 bits per heavy atom. The third-order valence-electron chi connectivity index (χ3n) is 2.81. The standard InChI is InChI=1S/C13H13N3O2/c1-17-9-2-3-11-8(4-9)5-12(16-11)13-15-7-10(6-14)18-13/h2-5,7,16H,6,14H2,1H3. The first-order valence-electron chi connectivity index (χ1n) is 5.62. The van der Waals surface area contributed by atoms with Gasteiger partial charge in [0.25, 0.3) is 0 Å². The summed E-state index contributed by atoms with van der Waals surface area (Å²) in [5.41, 5.74) is 7.34. The van der Waals surface area contributed by atoms with Crippen molar-refractivity contribution in [3.05, 3.63) is 36.2 Å². The average Bonchev–Trinajstić information content (AvgIpc) is 3.03. The number of H-pyrrole nitrogens is 1. The number of hydrogen-bond acceptors (Lipinski definition) is 4. The summed E-state index contributed by atoms with van der Waals surface area (Å²) in [6, 6.07) is 7.81. The van der Waals surface area contributed by atoms with Crippen LogP contribution in [-0.2, 0) is 6.54 Å².